The molecule has 0 bridgehead atoms. The second-order valence-electron chi connectivity index (χ2n) is 6.45. The summed E-state index contributed by atoms with van der Waals surface area (Å²) in [6.45, 7) is 5.93. The summed E-state index contributed by atoms with van der Waals surface area (Å²) in [7, 11) is 5.08. The van der Waals surface area contributed by atoms with Crippen LogP contribution in [-0.2, 0) is 12.8 Å². The van der Waals surface area contributed by atoms with Crippen molar-refractivity contribution in [3.63, 3.8) is 0 Å². The van der Waals surface area contributed by atoms with Gasteiger partial charge in [-0.1, -0.05) is 19.9 Å². The van der Waals surface area contributed by atoms with Crippen molar-refractivity contribution in [1.82, 2.24) is 15.6 Å². The highest BCUT2D eigenvalue weighted by atomic mass is 32.1. The van der Waals surface area contributed by atoms with Gasteiger partial charge in [-0.25, -0.2) is 4.98 Å². The number of aliphatic imine (C=N–C) groups is 1. The van der Waals surface area contributed by atoms with Crippen LogP contribution in [-0.4, -0.2) is 45.3 Å². The maximum Gasteiger partial charge on any atom is 0.190 e. The molecule has 2 aromatic rings. The molecule has 27 heavy (non-hydrogen) atoms. The molecule has 0 aliphatic carbocycles. The van der Waals surface area contributed by atoms with Gasteiger partial charge in [-0.2, -0.15) is 0 Å². The Balaban J connectivity index is 1.75. The van der Waals surface area contributed by atoms with Crippen LogP contribution in [0.15, 0.2) is 28.6 Å². The van der Waals surface area contributed by atoms with Gasteiger partial charge in [-0.3, -0.25) is 4.99 Å². The summed E-state index contributed by atoms with van der Waals surface area (Å²) in [5, 5.41) is 10.0. The topological polar surface area (TPSA) is 67.8 Å². The number of thiazole rings is 1. The van der Waals surface area contributed by atoms with Crippen molar-refractivity contribution in [2.24, 2.45) is 4.99 Å². The van der Waals surface area contributed by atoms with Gasteiger partial charge in [0, 0.05) is 37.9 Å². The lowest BCUT2D eigenvalue weighted by atomic mass is 10.1. The van der Waals surface area contributed by atoms with E-state index in [0.717, 1.165) is 49.1 Å². The molecular formula is C20H30N4O2S. The minimum atomic E-state index is 0.489. The molecule has 148 valence electrons. The molecule has 2 N–H and O–H groups in total. The molecule has 0 fully saturated rings. The zero-order valence-corrected chi connectivity index (χ0v) is 17.7. The number of ether oxygens (including phenoxy) is 2. The molecule has 0 aliphatic heterocycles. The summed E-state index contributed by atoms with van der Waals surface area (Å²) in [5.41, 5.74) is 2.32. The Labute approximate surface area is 166 Å². The molecule has 0 saturated carbocycles. The first-order valence-electron chi connectivity index (χ1n) is 9.17. The Bertz CT molecular complexity index is 743. The van der Waals surface area contributed by atoms with Crippen LogP contribution in [0, 0.1) is 0 Å². The van der Waals surface area contributed by atoms with Crippen molar-refractivity contribution in [1.29, 1.82) is 0 Å². The van der Waals surface area contributed by atoms with E-state index in [1.54, 1.807) is 32.6 Å². The number of aromatic nitrogens is 1. The highest BCUT2D eigenvalue weighted by Crippen LogP contribution is 2.27. The Kier molecular flexibility index (Phi) is 8.39. The molecular weight excluding hydrogens is 360 g/mol. The lowest BCUT2D eigenvalue weighted by molar-refractivity contribution is 0.354. The van der Waals surface area contributed by atoms with Gasteiger partial charge in [-0.15, -0.1) is 11.3 Å². The predicted octanol–water partition coefficient (Wildman–Crippen LogP) is 3.23. The van der Waals surface area contributed by atoms with Crippen molar-refractivity contribution in [2.45, 2.75) is 32.6 Å². The quantitative estimate of drug-likeness (QED) is 0.508. The largest absolute Gasteiger partial charge is 0.493 e. The first-order chi connectivity index (χ1) is 13.1. The number of methoxy groups -OCH3 is 2. The number of hydrogen-bond donors (Lipinski definition) is 2. The van der Waals surface area contributed by atoms with Crippen LogP contribution >= 0.6 is 11.3 Å². The van der Waals surface area contributed by atoms with E-state index in [1.165, 1.54) is 10.6 Å². The van der Waals surface area contributed by atoms with E-state index in [-0.39, 0.29) is 0 Å². The summed E-state index contributed by atoms with van der Waals surface area (Å²) in [6.07, 6.45) is 1.75. The van der Waals surface area contributed by atoms with Gasteiger partial charge in [0.1, 0.15) is 0 Å². The Morgan fingerprint density at radius 3 is 2.41 bits per heavy atom. The summed E-state index contributed by atoms with van der Waals surface area (Å²) in [6, 6.07) is 5.99. The first kappa shape index (κ1) is 21.0. The Hall–Kier alpha value is -2.28. The molecule has 2 rings (SSSR count). The fraction of sp³-hybridized carbons (Fsp3) is 0.500. The SMILES string of the molecule is CN=C(NCCc1ccc(OC)c(OC)c1)NCCc1csc(C(C)C)n1. The van der Waals surface area contributed by atoms with Gasteiger partial charge in [0.25, 0.3) is 0 Å². The van der Waals surface area contributed by atoms with Crippen molar-refractivity contribution in [2.75, 3.05) is 34.4 Å². The summed E-state index contributed by atoms with van der Waals surface area (Å²) >= 11 is 1.74. The van der Waals surface area contributed by atoms with E-state index in [4.69, 9.17) is 9.47 Å². The number of rotatable bonds is 9. The van der Waals surface area contributed by atoms with Gasteiger partial charge in [0.05, 0.1) is 24.9 Å². The second-order valence-corrected chi connectivity index (χ2v) is 7.34. The van der Waals surface area contributed by atoms with Crippen molar-refractivity contribution < 1.29 is 9.47 Å². The molecule has 0 atom stereocenters. The monoisotopic (exact) mass is 390 g/mol. The molecule has 6 nitrogen and oxygen atoms in total. The molecule has 0 unspecified atom stereocenters. The van der Waals surface area contributed by atoms with Crippen LogP contribution in [0.1, 0.15) is 36.0 Å². The number of nitrogens with zero attached hydrogens (tertiary/aromatic N) is 2. The molecule has 1 heterocycles. The zero-order chi connectivity index (χ0) is 19.6. The Morgan fingerprint density at radius 2 is 1.81 bits per heavy atom. The Morgan fingerprint density at radius 1 is 1.11 bits per heavy atom. The minimum Gasteiger partial charge on any atom is -0.493 e. The molecule has 0 aliphatic rings. The lowest BCUT2D eigenvalue weighted by Crippen LogP contribution is -2.39. The highest BCUT2D eigenvalue weighted by molar-refractivity contribution is 7.09. The molecule has 0 saturated heterocycles. The molecule has 0 spiro atoms. The average molecular weight is 391 g/mol. The summed E-state index contributed by atoms with van der Waals surface area (Å²) < 4.78 is 10.6. The fourth-order valence-corrected chi connectivity index (χ4v) is 3.46. The summed E-state index contributed by atoms with van der Waals surface area (Å²) in [4.78, 5) is 8.94. The van der Waals surface area contributed by atoms with E-state index in [0.29, 0.717) is 5.92 Å². The zero-order valence-electron chi connectivity index (χ0n) is 16.8. The van der Waals surface area contributed by atoms with Gasteiger partial charge in [0.15, 0.2) is 17.5 Å². The molecule has 1 aromatic heterocycles. The highest BCUT2D eigenvalue weighted by Gasteiger charge is 2.07. The normalized spacial score (nSPS) is 11.6. The third-order valence-corrected chi connectivity index (χ3v) is 5.31. The van der Waals surface area contributed by atoms with Crippen LogP contribution < -0.4 is 20.1 Å². The lowest BCUT2D eigenvalue weighted by Gasteiger charge is -2.12. The van der Waals surface area contributed by atoms with E-state index in [2.05, 4.69) is 39.8 Å². The molecule has 0 amide bonds. The standard InChI is InChI=1S/C20H30N4O2S/c1-14(2)19-24-16(13-27-19)9-11-23-20(21-3)22-10-8-15-6-7-17(25-4)18(12-15)26-5/h6-7,12-14H,8-11H2,1-5H3,(H2,21,22,23). The van der Waals surface area contributed by atoms with E-state index < -0.39 is 0 Å². The van der Waals surface area contributed by atoms with Crippen molar-refractivity contribution >= 4 is 17.3 Å². The number of guanidine groups is 1. The number of hydrogen-bond acceptors (Lipinski definition) is 5. The van der Waals surface area contributed by atoms with Crippen LogP contribution in [0.3, 0.4) is 0 Å². The van der Waals surface area contributed by atoms with Gasteiger partial charge < -0.3 is 20.1 Å². The maximum absolute atomic E-state index is 5.35. The van der Waals surface area contributed by atoms with Gasteiger partial charge in [0.2, 0.25) is 0 Å². The van der Waals surface area contributed by atoms with Crippen LogP contribution in [0.25, 0.3) is 0 Å². The minimum absolute atomic E-state index is 0.489. The fourth-order valence-electron chi connectivity index (χ4n) is 2.59. The van der Waals surface area contributed by atoms with E-state index >= 15 is 0 Å². The summed E-state index contributed by atoms with van der Waals surface area (Å²) in [5.74, 6) is 2.79. The third kappa shape index (κ3) is 6.43. The average Bonchev–Trinajstić information content (AvgIpc) is 3.15. The maximum atomic E-state index is 5.35. The van der Waals surface area contributed by atoms with Crippen LogP contribution in [0.2, 0.25) is 0 Å². The van der Waals surface area contributed by atoms with E-state index in [9.17, 15) is 0 Å². The van der Waals surface area contributed by atoms with Crippen molar-refractivity contribution in [3.05, 3.63) is 39.8 Å². The van der Waals surface area contributed by atoms with Crippen molar-refractivity contribution in [3.8, 4) is 11.5 Å². The van der Waals surface area contributed by atoms with Crippen LogP contribution in [0.5, 0.6) is 11.5 Å². The molecule has 7 heteroatoms. The third-order valence-electron chi connectivity index (χ3n) is 4.11. The molecule has 0 radical (unpaired) electrons. The predicted molar refractivity (Wildman–Crippen MR) is 113 cm³/mol. The molecule has 1 aromatic carbocycles. The second kappa shape index (κ2) is 10.8. The smallest absolute Gasteiger partial charge is 0.190 e. The van der Waals surface area contributed by atoms with Crippen LogP contribution in [0.4, 0.5) is 0 Å². The number of benzene rings is 1. The van der Waals surface area contributed by atoms with Gasteiger partial charge in [-0.05, 0) is 24.1 Å². The first-order valence-corrected chi connectivity index (χ1v) is 10.0. The number of nitrogens with one attached hydrogen (secondary N) is 2. The van der Waals surface area contributed by atoms with E-state index in [1.807, 2.05) is 18.2 Å². The van der Waals surface area contributed by atoms with Gasteiger partial charge >= 0.3 is 0 Å².